The maximum atomic E-state index is 11.5. The Bertz CT molecular complexity index is 302. The van der Waals surface area contributed by atoms with Crippen LogP contribution in [0.5, 0.6) is 0 Å². The van der Waals surface area contributed by atoms with Crippen LogP contribution in [-0.2, 0) is 0 Å². The first-order valence-electron chi connectivity index (χ1n) is 4.05. The lowest BCUT2D eigenvalue weighted by Gasteiger charge is -2.06. The molecule has 0 aliphatic rings. The Morgan fingerprint density at radius 3 is 2.92 bits per heavy atom. The Hall–Kier alpha value is -1.42. The van der Waals surface area contributed by atoms with Gasteiger partial charge in [-0.25, -0.2) is 4.98 Å². The second kappa shape index (κ2) is 4.00. The summed E-state index contributed by atoms with van der Waals surface area (Å²) in [5.41, 5.74) is 6.99. The van der Waals surface area contributed by atoms with Crippen LogP contribution in [-0.4, -0.2) is 24.4 Å². The zero-order valence-corrected chi connectivity index (χ0v) is 7.79. The standard InChI is InChI=1S/C9H13N3O/c1-6-3-4-12-9(10)8(6)7(13)5-11-2/h3-4,11H,5H2,1-2H3,(H2,10,12). The van der Waals surface area contributed by atoms with Gasteiger partial charge in [-0.1, -0.05) is 0 Å². The number of pyridine rings is 1. The fraction of sp³-hybridized carbons (Fsp3) is 0.333. The van der Waals surface area contributed by atoms with E-state index in [1.165, 1.54) is 0 Å². The minimum atomic E-state index is -0.0226. The van der Waals surface area contributed by atoms with Gasteiger partial charge in [-0.15, -0.1) is 0 Å². The summed E-state index contributed by atoms with van der Waals surface area (Å²) < 4.78 is 0. The monoisotopic (exact) mass is 179 g/mol. The molecule has 1 heterocycles. The molecule has 0 amide bonds. The number of nitrogens with two attached hydrogens (primary N) is 1. The van der Waals surface area contributed by atoms with Gasteiger partial charge in [-0.05, 0) is 25.6 Å². The summed E-state index contributed by atoms with van der Waals surface area (Å²) in [7, 11) is 1.72. The van der Waals surface area contributed by atoms with Crippen molar-refractivity contribution in [1.82, 2.24) is 10.3 Å². The number of rotatable bonds is 3. The third-order valence-electron chi connectivity index (χ3n) is 1.80. The van der Waals surface area contributed by atoms with Crippen LogP contribution in [0.3, 0.4) is 0 Å². The molecule has 0 aliphatic carbocycles. The molecule has 0 aromatic carbocycles. The molecular weight excluding hydrogens is 166 g/mol. The van der Waals surface area contributed by atoms with E-state index in [0.717, 1.165) is 5.56 Å². The third kappa shape index (κ3) is 2.03. The highest BCUT2D eigenvalue weighted by Gasteiger charge is 2.11. The fourth-order valence-corrected chi connectivity index (χ4v) is 1.19. The molecule has 0 fully saturated rings. The number of nitrogens with one attached hydrogen (secondary N) is 1. The van der Waals surface area contributed by atoms with Gasteiger partial charge in [0.1, 0.15) is 5.82 Å². The van der Waals surface area contributed by atoms with E-state index < -0.39 is 0 Å². The highest BCUT2D eigenvalue weighted by molar-refractivity contribution is 6.02. The Labute approximate surface area is 77.2 Å². The number of hydrogen-bond donors (Lipinski definition) is 2. The first-order valence-corrected chi connectivity index (χ1v) is 4.05. The summed E-state index contributed by atoms with van der Waals surface area (Å²) in [6.45, 7) is 2.14. The van der Waals surface area contributed by atoms with Gasteiger partial charge in [0.05, 0.1) is 12.1 Å². The lowest BCUT2D eigenvalue weighted by atomic mass is 10.1. The smallest absolute Gasteiger partial charge is 0.180 e. The van der Waals surface area contributed by atoms with Crippen molar-refractivity contribution in [1.29, 1.82) is 0 Å². The SMILES string of the molecule is CNCC(=O)c1c(C)ccnc1N. The van der Waals surface area contributed by atoms with Crippen LogP contribution in [0.2, 0.25) is 0 Å². The number of hydrogen-bond acceptors (Lipinski definition) is 4. The molecule has 3 N–H and O–H groups in total. The molecule has 70 valence electrons. The van der Waals surface area contributed by atoms with Gasteiger partial charge in [0.2, 0.25) is 0 Å². The Morgan fingerprint density at radius 1 is 1.69 bits per heavy atom. The van der Waals surface area contributed by atoms with Crippen molar-refractivity contribution in [2.45, 2.75) is 6.92 Å². The molecular formula is C9H13N3O. The maximum Gasteiger partial charge on any atom is 0.180 e. The molecule has 13 heavy (non-hydrogen) atoms. The van der Waals surface area contributed by atoms with E-state index in [-0.39, 0.29) is 12.3 Å². The molecule has 0 saturated carbocycles. The van der Waals surface area contributed by atoms with Gasteiger partial charge in [-0.3, -0.25) is 4.79 Å². The van der Waals surface area contributed by atoms with E-state index >= 15 is 0 Å². The molecule has 0 spiro atoms. The number of Topliss-reactive ketones (excluding diaryl/α,β-unsaturated/α-hetero) is 1. The quantitative estimate of drug-likeness (QED) is 0.658. The van der Waals surface area contributed by atoms with Gasteiger partial charge in [-0.2, -0.15) is 0 Å². The lowest BCUT2D eigenvalue weighted by Crippen LogP contribution is -2.21. The molecule has 1 rings (SSSR count). The molecule has 1 aromatic rings. The van der Waals surface area contributed by atoms with E-state index in [1.807, 2.05) is 6.92 Å². The second-order valence-electron chi connectivity index (χ2n) is 2.84. The number of nitrogens with zero attached hydrogens (tertiary/aromatic N) is 1. The van der Waals surface area contributed by atoms with E-state index in [0.29, 0.717) is 11.4 Å². The van der Waals surface area contributed by atoms with Crippen molar-refractivity contribution < 1.29 is 4.79 Å². The number of likely N-dealkylation sites (N-methyl/N-ethyl adjacent to an activating group) is 1. The number of aryl methyl sites for hydroxylation is 1. The zero-order valence-electron chi connectivity index (χ0n) is 7.79. The van der Waals surface area contributed by atoms with Gasteiger partial charge in [0.15, 0.2) is 5.78 Å². The fourth-order valence-electron chi connectivity index (χ4n) is 1.19. The molecule has 4 nitrogen and oxygen atoms in total. The van der Waals surface area contributed by atoms with Gasteiger partial charge >= 0.3 is 0 Å². The lowest BCUT2D eigenvalue weighted by molar-refractivity contribution is 0.0993. The van der Waals surface area contributed by atoms with Crippen LogP contribution in [0.4, 0.5) is 5.82 Å². The predicted octanol–water partition coefficient (Wildman–Crippen LogP) is 0.374. The predicted molar refractivity (Wildman–Crippen MR) is 51.6 cm³/mol. The number of anilines is 1. The van der Waals surface area contributed by atoms with Crippen molar-refractivity contribution in [2.75, 3.05) is 19.3 Å². The second-order valence-corrected chi connectivity index (χ2v) is 2.84. The van der Waals surface area contributed by atoms with Crippen LogP contribution in [0.1, 0.15) is 15.9 Å². The summed E-state index contributed by atoms with van der Waals surface area (Å²) in [5, 5.41) is 2.79. The summed E-state index contributed by atoms with van der Waals surface area (Å²) in [5.74, 6) is 0.283. The number of ketones is 1. The van der Waals surface area contributed by atoms with Crippen molar-refractivity contribution in [3.63, 3.8) is 0 Å². The Balaban J connectivity index is 3.05. The average molecular weight is 179 g/mol. The summed E-state index contributed by atoms with van der Waals surface area (Å²) in [4.78, 5) is 15.4. The minimum absolute atomic E-state index is 0.0226. The van der Waals surface area contributed by atoms with Crippen LogP contribution < -0.4 is 11.1 Å². The van der Waals surface area contributed by atoms with E-state index in [9.17, 15) is 4.79 Å². The average Bonchev–Trinajstić information content (AvgIpc) is 2.04. The van der Waals surface area contributed by atoms with Crippen LogP contribution in [0.15, 0.2) is 12.3 Å². The van der Waals surface area contributed by atoms with E-state index in [2.05, 4.69) is 10.3 Å². The van der Waals surface area contributed by atoms with Gasteiger partial charge < -0.3 is 11.1 Å². The highest BCUT2D eigenvalue weighted by atomic mass is 16.1. The first-order chi connectivity index (χ1) is 6.16. The van der Waals surface area contributed by atoms with Crippen LogP contribution in [0.25, 0.3) is 0 Å². The number of aromatic nitrogens is 1. The molecule has 0 atom stereocenters. The molecule has 0 bridgehead atoms. The Kier molecular flexibility index (Phi) is 2.97. The molecule has 1 aromatic heterocycles. The number of nitrogen functional groups attached to an aromatic ring is 1. The molecule has 0 radical (unpaired) electrons. The number of carbonyl (C=O) groups excluding carboxylic acids is 1. The zero-order chi connectivity index (χ0) is 9.84. The topological polar surface area (TPSA) is 68.0 Å². The normalized spacial score (nSPS) is 10.0. The van der Waals surface area contributed by atoms with Crippen molar-refractivity contribution in [2.24, 2.45) is 0 Å². The summed E-state index contributed by atoms with van der Waals surface area (Å²) in [6, 6.07) is 1.78. The molecule has 4 heteroatoms. The minimum Gasteiger partial charge on any atom is -0.383 e. The van der Waals surface area contributed by atoms with Crippen molar-refractivity contribution in [3.05, 3.63) is 23.4 Å². The van der Waals surface area contributed by atoms with Crippen molar-refractivity contribution >= 4 is 11.6 Å². The summed E-state index contributed by atoms with van der Waals surface area (Å²) >= 11 is 0. The van der Waals surface area contributed by atoms with Gasteiger partial charge in [0, 0.05) is 6.20 Å². The van der Waals surface area contributed by atoms with Crippen molar-refractivity contribution in [3.8, 4) is 0 Å². The summed E-state index contributed by atoms with van der Waals surface area (Å²) in [6.07, 6.45) is 1.60. The molecule has 0 unspecified atom stereocenters. The maximum absolute atomic E-state index is 11.5. The molecule has 0 aliphatic heterocycles. The first kappa shape index (κ1) is 9.67. The largest absolute Gasteiger partial charge is 0.383 e. The Morgan fingerprint density at radius 2 is 2.38 bits per heavy atom. The van der Waals surface area contributed by atoms with Crippen LogP contribution >= 0.6 is 0 Å². The third-order valence-corrected chi connectivity index (χ3v) is 1.80. The van der Waals surface area contributed by atoms with E-state index in [4.69, 9.17) is 5.73 Å². The van der Waals surface area contributed by atoms with Crippen LogP contribution in [0, 0.1) is 6.92 Å². The highest BCUT2D eigenvalue weighted by Crippen LogP contribution is 2.13. The van der Waals surface area contributed by atoms with E-state index in [1.54, 1.807) is 19.3 Å². The van der Waals surface area contributed by atoms with Gasteiger partial charge in [0.25, 0.3) is 0 Å². The number of carbonyl (C=O) groups is 1. The molecule has 0 saturated heterocycles.